The molecule has 1 N–H and O–H groups in total. The highest BCUT2D eigenvalue weighted by Gasteiger charge is 2.46. The molecule has 2 atom stereocenters. The number of piperidine rings is 1. The number of aromatic nitrogens is 2. The van der Waals surface area contributed by atoms with Gasteiger partial charge in [-0.25, -0.2) is 8.42 Å². The lowest BCUT2D eigenvalue weighted by molar-refractivity contribution is -0.123. The average Bonchev–Trinajstić information content (AvgIpc) is 2.93. The second-order valence-electron chi connectivity index (χ2n) is 5.10. The van der Waals surface area contributed by atoms with Crippen molar-refractivity contribution in [2.75, 3.05) is 13.1 Å². The maximum absolute atomic E-state index is 12.8. The van der Waals surface area contributed by atoms with Gasteiger partial charge in [-0.3, -0.25) is 9.48 Å². The SMILES string of the molecule is Cn1ncc(Cl)c1S(=O)(=O)N1CCC[C@H]2C(=O)NC[C@H]21. The highest BCUT2D eigenvalue weighted by atomic mass is 35.5. The molecule has 2 aliphatic rings. The molecule has 0 aromatic carbocycles. The van der Waals surface area contributed by atoms with Crippen LogP contribution in [-0.4, -0.2) is 47.5 Å². The number of sulfonamides is 1. The standard InChI is InChI=1S/C11H15ClN4O3S/c1-15-11(8(12)5-14-15)20(18,19)16-4-2-3-7-9(16)6-13-10(7)17/h5,7,9H,2-4,6H2,1H3,(H,13,17)/t7-,9-/m1/s1. The summed E-state index contributed by atoms with van der Waals surface area (Å²) in [4.78, 5) is 11.7. The van der Waals surface area contributed by atoms with Crippen molar-refractivity contribution in [2.24, 2.45) is 13.0 Å². The monoisotopic (exact) mass is 318 g/mol. The summed E-state index contributed by atoms with van der Waals surface area (Å²) in [6, 6.07) is -0.327. The van der Waals surface area contributed by atoms with Crippen molar-refractivity contribution in [3.05, 3.63) is 11.2 Å². The van der Waals surface area contributed by atoms with Crippen LogP contribution in [0.25, 0.3) is 0 Å². The largest absolute Gasteiger partial charge is 0.354 e. The van der Waals surface area contributed by atoms with Gasteiger partial charge in [-0.05, 0) is 12.8 Å². The lowest BCUT2D eigenvalue weighted by atomic mass is 9.93. The van der Waals surface area contributed by atoms with Crippen LogP contribution in [0.4, 0.5) is 0 Å². The van der Waals surface area contributed by atoms with Gasteiger partial charge in [-0.2, -0.15) is 9.40 Å². The molecule has 1 aromatic heterocycles. The van der Waals surface area contributed by atoms with Gasteiger partial charge in [0.15, 0.2) is 5.03 Å². The van der Waals surface area contributed by atoms with Crippen molar-refractivity contribution in [1.82, 2.24) is 19.4 Å². The number of hydrogen-bond donors (Lipinski definition) is 1. The molecule has 110 valence electrons. The first-order chi connectivity index (χ1) is 9.43. The molecule has 0 saturated carbocycles. The van der Waals surface area contributed by atoms with Crippen LogP contribution in [0.15, 0.2) is 11.2 Å². The molecule has 2 fully saturated rings. The number of nitrogens with one attached hydrogen (secondary N) is 1. The third-order valence-electron chi connectivity index (χ3n) is 3.95. The first-order valence-electron chi connectivity index (χ1n) is 6.40. The van der Waals surface area contributed by atoms with E-state index in [1.165, 1.54) is 22.2 Å². The molecular formula is C11H15ClN4O3S. The normalized spacial score (nSPS) is 27.4. The average molecular weight is 319 g/mol. The maximum Gasteiger partial charge on any atom is 0.262 e. The summed E-state index contributed by atoms with van der Waals surface area (Å²) >= 11 is 5.95. The Balaban J connectivity index is 2.01. The number of hydrogen-bond acceptors (Lipinski definition) is 4. The van der Waals surface area contributed by atoms with E-state index in [0.29, 0.717) is 19.5 Å². The van der Waals surface area contributed by atoms with Crippen LogP contribution >= 0.6 is 11.6 Å². The number of carbonyl (C=O) groups excluding carboxylic acids is 1. The van der Waals surface area contributed by atoms with Crippen molar-refractivity contribution in [3.8, 4) is 0 Å². The lowest BCUT2D eigenvalue weighted by Gasteiger charge is -2.34. The summed E-state index contributed by atoms with van der Waals surface area (Å²) in [7, 11) is -2.21. The van der Waals surface area contributed by atoms with Crippen molar-refractivity contribution < 1.29 is 13.2 Å². The minimum absolute atomic E-state index is 0.0147. The third kappa shape index (κ3) is 1.94. The van der Waals surface area contributed by atoms with E-state index in [2.05, 4.69) is 10.4 Å². The van der Waals surface area contributed by atoms with E-state index in [1.54, 1.807) is 0 Å². The summed E-state index contributed by atoms with van der Waals surface area (Å²) < 4.78 is 28.2. The van der Waals surface area contributed by atoms with Crippen LogP contribution in [0.5, 0.6) is 0 Å². The van der Waals surface area contributed by atoms with Gasteiger partial charge < -0.3 is 5.32 Å². The topological polar surface area (TPSA) is 84.3 Å². The fraction of sp³-hybridized carbons (Fsp3) is 0.636. The molecule has 3 rings (SSSR count). The number of amides is 1. The Morgan fingerprint density at radius 2 is 2.25 bits per heavy atom. The van der Waals surface area contributed by atoms with E-state index < -0.39 is 10.0 Å². The maximum atomic E-state index is 12.8. The summed E-state index contributed by atoms with van der Waals surface area (Å²) in [5.74, 6) is -0.323. The smallest absolute Gasteiger partial charge is 0.262 e. The fourth-order valence-electron chi connectivity index (χ4n) is 3.01. The van der Waals surface area contributed by atoms with Crippen LogP contribution in [0, 0.1) is 5.92 Å². The van der Waals surface area contributed by atoms with E-state index in [-0.39, 0.29) is 27.9 Å². The molecule has 0 bridgehead atoms. The van der Waals surface area contributed by atoms with Crippen molar-refractivity contribution in [2.45, 2.75) is 23.9 Å². The Morgan fingerprint density at radius 1 is 1.50 bits per heavy atom. The summed E-state index contributed by atoms with van der Waals surface area (Å²) in [6.07, 6.45) is 2.71. The Labute approximate surface area is 121 Å². The molecule has 20 heavy (non-hydrogen) atoms. The second kappa shape index (κ2) is 4.71. The van der Waals surface area contributed by atoms with E-state index in [0.717, 1.165) is 6.42 Å². The number of carbonyl (C=O) groups is 1. The van der Waals surface area contributed by atoms with E-state index in [9.17, 15) is 13.2 Å². The molecule has 0 radical (unpaired) electrons. The van der Waals surface area contributed by atoms with Crippen molar-refractivity contribution in [3.63, 3.8) is 0 Å². The fourth-order valence-corrected chi connectivity index (χ4v) is 5.32. The number of nitrogens with zero attached hydrogens (tertiary/aromatic N) is 3. The number of fused-ring (bicyclic) bond motifs is 1. The Hall–Kier alpha value is -1.12. The molecule has 1 aromatic rings. The van der Waals surface area contributed by atoms with Gasteiger partial charge >= 0.3 is 0 Å². The van der Waals surface area contributed by atoms with Gasteiger partial charge in [0.1, 0.15) is 0 Å². The molecule has 0 unspecified atom stereocenters. The zero-order valence-corrected chi connectivity index (χ0v) is 12.5. The van der Waals surface area contributed by atoms with Crippen LogP contribution < -0.4 is 5.32 Å². The first-order valence-corrected chi connectivity index (χ1v) is 8.22. The molecular weight excluding hydrogens is 304 g/mol. The zero-order chi connectivity index (χ0) is 14.5. The van der Waals surface area contributed by atoms with Gasteiger partial charge in [-0.1, -0.05) is 11.6 Å². The molecule has 3 heterocycles. The highest BCUT2D eigenvalue weighted by molar-refractivity contribution is 7.89. The quantitative estimate of drug-likeness (QED) is 0.830. The van der Waals surface area contributed by atoms with Gasteiger partial charge in [0.05, 0.1) is 23.2 Å². The lowest BCUT2D eigenvalue weighted by Crippen LogP contribution is -2.49. The Morgan fingerprint density at radius 3 is 2.90 bits per heavy atom. The zero-order valence-electron chi connectivity index (χ0n) is 10.9. The van der Waals surface area contributed by atoms with E-state index in [4.69, 9.17) is 11.6 Å². The summed E-state index contributed by atoms with van der Waals surface area (Å²) in [5, 5.41) is 6.70. The number of rotatable bonds is 2. The predicted molar refractivity (Wildman–Crippen MR) is 71.6 cm³/mol. The molecule has 2 aliphatic heterocycles. The van der Waals surface area contributed by atoms with Crippen molar-refractivity contribution >= 4 is 27.5 Å². The Bertz CT molecular complexity index is 637. The van der Waals surface area contributed by atoms with Crippen LogP contribution in [-0.2, 0) is 21.9 Å². The number of halogens is 1. The molecule has 0 aliphatic carbocycles. The van der Waals surface area contributed by atoms with E-state index >= 15 is 0 Å². The molecule has 1 amide bonds. The van der Waals surface area contributed by atoms with Gasteiger partial charge in [0.2, 0.25) is 5.91 Å². The molecule has 0 spiro atoms. The minimum atomic E-state index is -3.75. The molecule has 9 heteroatoms. The van der Waals surface area contributed by atoms with Crippen molar-refractivity contribution in [1.29, 1.82) is 0 Å². The number of aryl methyl sites for hydroxylation is 1. The van der Waals surface area contributed by atoms with Crippen LogP contribution in [0.2, 0.25) is 5.02 Å². The summed E-state index contributed by atoms with van der Waals surface area (Å²) in [5.41, 5.74) is 0. The first kappa shape index (κ1) is 13.8. The van der Waals surface area contributed by atoms with Crippen LogP contribution in [0.1, 0.15) is 12.8 Å². The van der Waals surface area contributed by atoms with Gasteiger partial charge in [0.25, 0.3) is 10.0 Å². The van der Waals surface area contributed by atoms with Gasteiger partial charge in [-0.15, -0.1) is 0 Å². The highest BCUT2D eigenvalue weighted by Crippen LogP contribution is 2.33. The Kier molecular flexibility index (Phi) is 3.26. The summed E-state index contributed by atoms with van der Waals surface area (Å²) in [6.45, 7) is 0.762. The molecule has 2 saturated heterocycles. The van der Waals surface area contributed by atoms with Gasteiger partial charge in [0, 0.05) is 20.1 Å². The molecule has 7 nitrogen and oxygen atoms in total. The second-order valence-corrected chi connectivity index (χ2v) is 7.31. The third-order valence-corrected chi connectivity index (χ3v) is 6.38. The predicted octanol–water partition coefficient (Wildman–Crippen LogP) is -0.0274. The van der Waals surface area contributed by atoms with E-state index in [1.807, 2.05) is 0 Å². The minimum Gasteiger partial charge on any atom is -0.354 e. The van der Waals surface area contributed by atoms with Crippen LogP contribution in [0.3, 0.4) is 0 Å².